The second-order valence-electron chi connectivity index (χ2n) is 4.82. The Morgan fingerprint density at radius 1 is 1.28 bits per heavy atom. The number of nitrogens with zero attached hydrogens (tertiary/aromatic N) is 3. The Labute approximate surface area is 107 Å². The van der Waals surface area contributed by atoms with Crippen molar-refractivity contribution in [3.8, 4) is 0 Å². The van der Waals surface area contributed by atoms with Crippen LogP contribution in [0, 0.1) is 0 Å². The van der Waals surface area contributed by atoms with E-state index in [1.54, 1.807) is 0 Å². The molecule has 2 heterocycles. The van der Waals surface area contributed by atoms with Crippen molar-refractivity contribution in [2.24, 2.45) is 0 Å². The molecule has 0 spiro atoms. The summed E-state index contributed by atoms with van der Waals surface area (Å²) in [4.78, 5) is 11.5. The molecule has 4 heteroatoms. The number of hydrogen-bond acceptors (Lipinski definition) is 4. The first kappa shape index (κ1) is 11.3. The summed E-state index contributed by atoms with van der Waals surface area (Å²) >= 11 is 0. The molecule has 94 valence electrons. The van der Waals surface area contributed by atoms with E-state index in [4.69, 9.17) is 10.7 Å². The Hall–Kier alpha value is -1.84. The number of anilines is 2. The topological polar surface area (TPSA) is 55.0 Å². The van der Waals surface area contributed by atoms with Gasteiger partial charge in [-0.05, 0) is 31.4 Å². The molecule has 2 aromatic rings. The van der Waals surface area contributed by atoms with Crippen LogP contribution in [0.15, 0.2) is 24.3 Å². The minimum atomic E-state index is 0.550. The van der Waals surface area contributed by atoms with E-state index in [0.29, 0.717) is 11.9 Å². The molecule has 1 aromatic carbocycles. The van der Waals surface area contributed by atoms with Crippen molar-refractivity contribution in [3.05, 3.63) is 24.3 Å². The number of rotatable bonds is 2. The molecule has 0 bridgehead atoms. The lowest BCUT2D eigenvalue weighted by Gasteiger charge is -2.25. The number of nitrogen functional groups attached to an aromatic ring is 1. The molecular formula is C14H18N4. The van der Waals surface area contributed by atoms with Crippen LogP contribution in [0.1, 0.15) is 26.2 Å². The molecule has 0 amide bonds. The number of benzene rings is 1. The third-order valence-corrected chi connectivity index (χ3v) is 3.70. The van der Waals surface area contributed by atoms with E-state index in [9.17, 15) is 0 Å². The number of fused-ring (bicyclic) bond motifs is 1. The Kier molecular flexibility index (Phi) is 2.78. The second kappa shape index (κ2) is 4.44. The average Bonchev–Trinajstić information content (AvgIpc) is 2.86. The number of hydrogen-bond donors (Lipinski definition) is 1. The van der Waals surface area contributed by atoms with Crippen molar-refractivity contribution in [3.63, 3.8) is 0 Å². The fraction of sp³-hybridized carbons (Fsp3) is 0.429. The first-order valence-electron chi connectivity index (χ1n) is 6.58. The van der Waals surface area contributed by atoms with Gasteiger partial charge in [-0.15, -0.1) is 0 Å². The van der Waals surface area contributed by atoms with Crippen LogP contribution < -0.4 is 10.6 Å². The standard InChI is InChI=1S/C14H18N4/c1-2-10-6-5-9-18(10)14-13(15)16-11-7-3-4-8-12(11)17-14/h3-4,7-8,10H,2,5-6,9H2,1H3,(H2,15,16). The van der Waals surface area contributed by atoms with Gasteiger partial charge in [0, 0.05) is 12.6 Å². The molecule has 1 aliphatic rings. The predicted octanol–water partition coefficient (Wildman–Crippen LogP) is 2.59. The normalized spacial score (nSPS) is 19.6. The Morgan fingerprint density at radius 2 is 2.00 bits per heavy atom. The third kappa shape index (κ3) is 1.78. The molecule has 18 heavy (non-hydrogen) atoms. The molecule has 1 aliphatic heterocycles. The lowest BCUT2D eigenvalue weighted by molar-refractivity contribution is 0.641. The van der Waals surface area contributed by atoms with Gasteiger partial charge in [0.25, 0.3) is 0 Å². The summed E-state index contributed by atoms with van der Waals surface area (Å²) in [6.07, 6.45) is 3.57. The van der Waals surface area contributed by atoms with E-state index in [1.165, 1.54) is 12.8 Å². The van der Waals surface area contributed by atoms with Crippen molar-refractivity contribution in [1.82, 2.24) is 9.97 Å². The third-order valence-electron chi connectivity index (χ3n) is 3.70. The van der Waals surface area contributed by atoms with E-state index in [0.717, 1.165) is 29.8 Å². The highest BCUT2D eigenvalue weighted by molar-refractivity contribution is 5.79. The fourth-order valence-electron chi connectivity index (χ4n) is 2.75. The van der Waals surface area contributed by atoms with Gasteiger partial charge in [-0.1, -0.05) is 19.1 Å². The molecule has 1 fully saturated rings. The highest BCUT2D eigenvalue weighted by atomic mass is 15.2. The van der Waals surface area contributed by atoms with Crippen molar-refractivity contribution >= 4 is 22.7 Å². The van der Waals surface area contributed by atoms with Crippen LogP contribution in [0.4, 0.5) is 11.6 Å². The number of aromatic nitrogens is 2. The maximum absolute atomic E-state index is 6.07. The zero-order valence-corrected chi connectivity index (χ0v) is 10.6. The van der Waals surface area contributed by atoms with Crippen LogP contribution in [0.5, 0.6) is 0 Å². The lowest BCUT2D eigenvalue weighted by atomic mass is 10.2. The van der Waals surface area contributed by atoms with Crippen LogP contribution in [-0.2, 0) is 0 Å². The zero-order valence-electron chi connectivity index (χ0n) is 10.6. The molecule has 3 rings (SSSR count). The molecule has 2 N–H and O–H groups in total. The van der Waals surface area contributed by atoms with Gasteiger partial charge < -0.3 is 10.6 Å². The SMILES string of the molecule is CCC1CCCN1c1nc2ccccc2nc1N. The Bertz CT molecular complexity index is 567. The summed E-state index contributed by atoms with van der Waals surface area (Å²) in [6, 6.07) is 8.44. The maximum atomic E-state index is 6.07. The average molecular weight is 242 g/mol. The largest absolute Gasteiger partial charge is 0.381 e. The predicted molar refractivity (Wildman–Crippen MR) is 74.6 cm³/mol. The van der Waals surface area contributed by atoms with Crippen molar-refractivity contribution in [1.29, 1.82) is 0 Å². The van der Waals surface area contributed by atoms with Gasteiger partial charge in [0.2, 0.25) is 0 Å². The first-order valence-corrected chi connectivity index (χ1v) is 6.58. The molecular weight excluding hydrogens is 224 g/mol. The molecule has 1 aromatic heterocycles. The summed E-state index contributed by atoms with van der Waals surface area (Å²) in [5.74, 6) is 1.41. The molecule has 0 aliphatic carbocycles. The van der Waals surface area contributed by atoms with Gasteiger partial charge in [0.1, 0.15) is 0 Å². The first-order chi connectivity index (χ1) is 8.79. The minimum absolute atomic E-state index is 0.550. The van der Waals surface area contributed by atoms with E-state index in [2.05, 4.69) is 16.8 Å². The maximum Gasteiger partial charge on any atom is 0.172 e. The van der Waals surface area contributed by atoms with Crippen LogP contribution in [0.25, 0.3) is 11.0 Å². The summed E-state index contributed by atoms with van der Waals surface area (Å²) in [6.45, 7) is 3.25. The summed E-state index contributed by atoms with van der Waals surface area (Å²) in [7, 11) is 0. The van der Waals surface area contributed by atoms with Crippen LogP contribution in [0.2, 0.25) is 0 Å². The number of para-hydroxylation sites is 2. The van der Waals surface area contributed by atoms with Crippen LogP contribution in [0.3, 0.4) is 0 Å². The Balaban J connectivity index is 2.08. The molecule has 1 atom stereocenters. The summed E-state index contributed by atoms with van der Waals surface area (Å²) in [5, 5.41) is 0. The van der Waals surface area contributed by atoms with Gasteiger partial charge in [0.15, 0.2) is 11.6 Å². The fourth-order valence-corrected chi connectivity index (χ4v) is 2.75. The molecule has 0 saturated carbocycles. The van der Waals surface area contributed by atoms with Crippen LogP contribution in [-0.4, -0.2) is 22.6 Å². The molecule has 0 radical (unpaired) electrons. The van der Waals surface area contributed by atoms with Crippen molar-refractivity contribution < 1.29 is 0 Å². The van der Waals surface area contributed by atoms with Gasteiger partial charge in [-0.3, -0.25) is 0 Å². The quantitative estimate of drug-likeness (QED) is 0.879. The smallest absolute Gasteiger partial charge is 0.172 e. The summed E-state index contributed by atoms with van der Waals surface area (Å²) in [5.41, 5.74) is 7.85. The van der Waals surface area contributed by atoms with Gasteiger partial charge in [0.05, 0.1) is 11.0 Å². The van der Waals surface area contributed by atoms with Gasteiger partial charge in [-0.2, -0.15) is 0 Å². The number of nitrogens with two attached hydrogens (primary N) is 1. The molecule has 1 saturated heterocycles. The van der Waals surface area contributed by atoms with E-state index >= 15 is 0 Å². The van der Waals surface area contributed by atoms with E-state index in [1.807, 2.05) is 24.3 Å². The second-order valence-corrected chi connectivity index (χ2v) is 4.82. The van der Waals surface area contributed by atoms with E-state index < -0.39 is 0 Å². The van der Waals surface area contributed by atoms with Crippen molar-refractivity contribution in [2.45, 2.75) is 32.2 Å². The monoisotopic (exact) mass is 242 g/mol. The highest BCUT2D eigenvalue weighted by Crippen LogP contribution is 2.30. The van der Waals surface area contributed by atoms with E-state index in [-0.39, 0.29) is 0 Å². The summed E-state index contributed by atoms with van der Waals surface area (Å²) < 4.78 is 0. The van der Waals surface area contributed by atoms with Gasteiger partial charge >= 0.3 is 0 Å². The lowest BCUT2D eigenvalue weighted by Crippen LogP contribution is -2.30. The minimum Gasteiger partial charge on any atom is -0.381 e. The molecule has 1 unspecified atom stereocenters. The van der Waals surface area contributed by atoms with Crippen molar-refractivity contribution in [2.75, 3.05) is 17.2 Å². The molecule has 4 nitrogen and oxygen atoms in total. The van der Waals surface area contributed by atoms with Crippen LogP contribution >= 0.6 is 0 Å². The Morgan fingerprint density at radius 3 is 2.72 bits per heavy atom. The van der Waals surface area contributed by atoms with Gasteiger partial charge in [-0.25, -0.2) is 9.97 Å². The highest BCUT2D eigenvalue weighted by Gasteiger charge is 2.26. The zero-order chi connectivity index (χ0) is 12.5.